The molecule has 0 saturated carbocycles. The maximum Gasteiger partial charge on any atom is 0.342 e. The molecule has 0 aliphatic carbocycles. The molecule has 0 atom stereocenters. The van der Waals surface area contributed by atoms with Crippen LogP contribution < -0.4 is 9.47 Å². The Labute approximate surface area is 163 Å². The third-order valence-corrected chi connectivity index (χ3v) is 4.77. The Morgan fingerprint density at radius 1 is 1.07 bits per heavy atom. The Morgan fingerprint density at radius 2 is 1.75 bits per heavy atom. The summed E-state index contributed by atoms with van der Waals surface area (Å²) in [5, 5.41) is 9.80. The minimum atomic E-state index is -0.724. The second kappa shape index (κ2) is 8.21. The lowest BCUT2D eigenvalue weighted by Gasteiger charge is -2.29. The van der Waals surface area contributed by atoms with Gasteiger partial charge in [0, 0.05) is 13.1 Å². The van der Waals surface area contributed by atoms with Gasteiger partial charge < -0.3 is 24.2 Å². The molecular weight excluding hydrogens is 362 g/mol. The van der Waals surface area contributed by atoms with Crippen LogP contribution in [0.1, 0.15) is 27.0 Å². The van der Waals surface area contributed by atoms with E-state index in [1.54, 1.807) is 32.1 Å². The van der Waals surface area contributed by atoms with E-state index >= 15 is 0 Å². The zero-order valence-corrected chi connectivity index (χ0v) is 16.2. The molecule has 7 nitrogen and oxygen atoms in total. The number of hydrogen-bond donors (Lipinski definition) is 1. The lowest BCUT2D eigenvalue weighted by Crippen LogP contribution is -2.38. The van der Waals surface area contributed by atoms with Gasteiger partial charge in [0.15, 0.2) is 18.1 Å². The van der Waals surface area contributed by atoms with Crippen molar-refractivity contribution in [3.8, 4) is 17.2 Å². The van der Waals surface area contributed by atoms with Gasteiger partial charge in [-0.3, -0.25) is 4.79 Å². The van der Waals surface area contributed by atoms with Crippen LogP contribution in [0.5, 0.6) is 17.2 Å². The molecule has 0 unspecified atom stereocenters. The van der Waals surface area contributed by atoms with Crippen molar-refractivity contribution in [2.45, 2.75) is 19.9 Å². The molecule has 0 saturated heterocycles. The lowest BCUT2D eigenvalue weighted by molar-refractivity contribution is -0.135. The van der Waals surface area contributed by atoms with Crippen molar-refractivity contribution in [3.63, 3.8) is 0 Å². The summed E-state index contributed by atoms with van der Waals surface area (Å²) in [7, 11) is 3.15. The number of hydrogen-bond acceptors (Lipinski definition) is 6. The number of carbonyl (C=O) groups is 2. The third kappa shape index (κ3) is 4.03. The number of phenolic OH excluding ortho intramolecular Hbond substituents is 1. The van der Waals surface area contributed by atoms with Gasteiger partial charge in [-0.05, 0) is 48.7 Å². The minimum Gasteiger partial charge on any atom is -0.507 e. The number of aromatic hydroxyl groups is 1. The Kier molecular flexibility index (Phi) is 5.73. The molecule has 0 bridgehead atoms. The number of methoxy groups -OCH3 is 2. The van der Waals surface area contributed by atoms with Gasteiger partial charge >= 0.3 is 5.97 Å². The monoisotopic (exact) mass is 385 g/mol. The largest absolute Gasteiger partial charge is 0.507 e. The standard InChI is InChI=1S/C21H23NO6/c1-13-4-5-17(23)16(8-13)21(25)28-12-20(24)22-7-6-14-9-18(26-2)19(27-3)10-15(14)11-22/h4-5,8-10,23H,6-7,11-12H2,1-3H3. The second-order valence-corrected chi connectivity index (χ2v) is 6.64. The molecule has 148 valence electrons. The summed E-state index contributed by atoms with van der Waals surface area (Å²) in [6, 6.07) is 8.43. The summed E-state index contributed by atoms with van der Waals surface area (Å²) in [6.07, 6.45) is 0.675. The molecule has 0 aromatic heterocycles. The molecule has 1 aliphatic rings. The number of rotatable bonds is 5. The minimum absolute atomic E-state index is 0.0496. The first-order chi connectivity index (χ1) is 13.4. The number of phenols is 1. The van der Waals surface area contributed by atoms with Crippen molar-refractivity contribution in [1.29, 1.82) is 0 Å². The Balaban J connectivity index is 1.65. The first kappa shape index (κ1) is 19.5. The highest BCUT2D eigenvalue weighted by molar-refractivity contribution is 5.94. The molecular formula is C21H23NO6. The van der Waals surface area contributed by atoms with Gasteiger partial charge in [-0.25, -0.2) is 4.79 Å². The quantitative estimate of drug-likeness (QED) is 0.796. The Hall–Kier alpha value is -3.22. The van der Waals surface area contributed by atoms with Crippen LogP contribution in [0.3, 0.4) is 0 Å². The van der Waals surface area contributed by atoms with Crippen molar-refractivity contribution in [3.05, 3.63) is 52.6 Å². The normalized spacial score (nSPS) is 12.9. The van der Waals surface area contributed by atoms with Crippen LogP contribution >= 0.6 is 0 Å². The maximum absolute atomic E-state index is 12.5. The molecule has 1 heterocycles. The van der Waals surface area contributed by atoms with Crippen LogP contribution in [0, 0.1) is 6.92 Å². The van der Waals surface area contributed by atoms with Crippen molar-refractivity contribution >= 4 is 11.9 Å². The van der Waals surface area contributed by atoms with E-state index in [2.05, 4.69) is 0 Å². The van der Waals surface area contributed by atoms with Gasteiger partial charge in [-0.15, -0.1) is 0 Å². The lowest BCUT2D eigenvalue weighted by atomic mass is 9.99. The molecule has 1 amide bonds. The number of aryl methyl sites for hydroxylation is 1. The van der Waals surface area contributed by atoms with Crippen molar-refractivity contribution < 1.29 is 28.9 Å². The number of fused-ring (bicyclic) bond motifs is 1. The molecule has 1 N–H and O–H groups in total. The molecule has 2 aromatic rings. The van der Waals surface area contributed by atoms with Gasteiger partial charge in [-0.1, -0.05) is 11.6 Å². The second-order valence-electron chi connectivity index (χ2n) is 6.64. The molecule has 3 rings (SSSR count). The summed E-state index contributed by atoms with van der Waals surface area (Å²) >= 11 is 0. The average molecular weight is 385 g/mol. The summed E-state index contributed by atoms with van der Waals surface area (Å²) in [5.41, 5.74) is 2.94. The van der Waals surface area contributed by atoms with Crippen molar-refractivity contribution in [2.24, 2.45) is 0 Å². The van der Waals surface area contributed by atoms with Gasteiger partial charge in [0.25, 0.3) is 5.91 Å². The van der Waals surface area contributed by atoms with E-state index in [0.29, 0.717) is 31.0 Å². The zero-order chi connectivity index (χ0) is 20.3. The number of nitrogens with zero attached hydrogens (tertiary/aromatic N) is 1. The predicted molar refractivity (Wildman–Crippen MR) is 102 cm³/mol. The van der Waals surface area contributed by atoms with Crippen LogP contribution in [0.15, 0.2) is 30.3 Å². The summed E-state index contributed by atoms with van der Waals surface area (Å²) in [6.45, 7) is 2.35. The van der Waals surface area contributed by atoms with Gasteiger partial charge in [0.05, 0.1) is 14.2 Å². The van der Waals surface area contributed by atoms with Gasteiger partial charge in [0.2, 0.25) is 0 Å². The highest BCUT2D eigenvalue weighted by atomic mass is 16.5. The number of carbonyl (C=O) groups excluding carboxylic acids is 2. The Morgan fingerprint density at radius 3 is 2.43 bits per heavy atom. The molecule has 7 heteroatoms. The highest BCUT2D eigenvalue weighted by Gasteiger charge is 2.24. The van der Waals surface area contributed by atoms with E-state index < -0.39 is 5.97 Å². The highest BCUT2D eigenvalue weighted by Crippen LogP contribution is 2.33. The maximum atomic E-state index is 12.5. The number of amides is 1. The van der Waals surface area contributed by atoms with Crippen molar-refractivity contribution in [1.82, 2.24) is 4.90 Å². The smallest absolute Gasteiger partial charge is 0.342 e. The fraction of sp³-hybridized carbons (Fsp3) is 0.333. The first-order valence-electron chi connectivity index (χ1n) is 8.91. The summed E-state index contributed by atoms with van der Waals surface area (Å²) in [4.78, 5) is 26.3. The van der Waals surface area contributed by atoms with Gasteiger partial charge in [0.1, 0.15) is 11.3 Å². The molecule has 2 aromatic carbocycles. The number of ether oxygens (including phenoxy) is 3. The van der Waals surface area contributed by atoms with E-state index in [1.165, 1.54) is 12.1 Å². The molecule has 28 heavy (non-hydrogen) atoms. The number of benzene rings is 2. The molecule has 0 fully saturated rings. The van der Waals surface area contributed by atoms with Gasteiger partial charge in [-0.2, -0.15) is 0 Å². The van der Waals surface area contributed by atoms with E-state index in [4.69, 9.17) is 14.2 Å². The van der Waals surface area contributed by atoms with Crippen LogP contribution in [0.2, 0.25) is 0 Å². The van der Waals surface area contributed by atoms with E-state index in [9.17, 15) is 14.7 Å². The van der Waals surface area contributed by atoms with Crippen LogP contribution in [-0.2, 0) is 22.5 Å². The van der Waals surface area contributed by atoms with E-state index in [1.807, 2.05) is 12.1 Å². The fourth-order valence-corrected chi connectivity index (χ4v) is 3.21. The van der Waals surface area contributed by atoms with Crippen LogP contribution in [-0.4, -0.2) is 49.3 Å². The topological polar surface area (TPSA) is 85.3 Å². The third-order valence-electron chi connectivity index (χ3n) is 4.77. The Bertz CT molecular complexity index is 908. The first-order valence-corrected chi connectivity index (χ1v) is 8.91. The SMILES string of the molecule is COc1cc2c(cc1OC)CN(C(=O)COC(=O)c1cc(C)ccc1O)CC2. The average Bonchev–Trinajstić information content (AvgIpc) is 2.71. The van der Waals surface area contributed by atoms with E-state index in [0.717, 1.165) is 16.7 Å². The van der Waals surface area contributed by atoms with Crippen LogP contribution in [0.25, 0.3) is 0 Å². The molecule has 1 aliphatic heterocycles. The summed E-state index contributed by atoms with van der Waals surface area (Å²) < 4.78 is 15.8. The zero-order valence-electron chi connectivity index (χ0n) is 16.2. The van der Waals surface area contributed by atoms with Crippen molar-refractivity contribution in [2.75, 3.05) is 27.4 Å². The summed E-state index contributed by atoms with van der Waals surface area (Å²) in [5.74, 6) is 0.0834. The van der Waals surface area contributed by atoms with E-state index in [-0.39, 0.29) is 23.8 Å². The number of esters is 1. The predicted octanol–water partition coefficient (Wildman–Crippen LogP) is 2.46. The fourth-order valence-electron chi connectivity index (χ4n) is 3.21. The molecule has 0 radical (unpaired) electrons. The van der Waals surface area contributed by atoms with Crippen LogP contribution in [0.4, 0.5) is 0 Å². The molecule has 0 spiro atoms.